The maximum absolute atomic E-state index is 11.6. The van der Waals surface area contributed by atoms with Crippen LogP contribution in [-0.4, -0.2) is 23.1 Å². The van der Waals surface area contributed by atoms with Gasteiger partial charge in [0.1, 0.15) is 0 Å². The van der Waals surface area contributed by atoms with Gasteiger partial charge in [0.15, 0.2) is 5.82 Å². The molecule has 1 aliphatic carbocycles. The van der Waals surface area contributed by atoms with Gasteiger partial charge < -0.3 is 15.0 Å². The number of hydrogen-bond acceptors (Lipinski definition) is 4. The summed E-state index contributed by atoms with van der Waals surface area (Å²) in [4.78, 5) is 18.2. The molecule has 0 saturated heterocycles. The highest BCUT2D eigenvalue weighted by molar-refractivity contribution is 5.48. The quantitative estimate of drug-likeness (QED) is 0.860. The Hall–Kier alpha value is -1.52. The molecule has 5 heteroatoms. The Bertz CT molecular complexity index is 436. The lowest BCUT2D eigenvalue weighted by Gasteiger charge is -2.28. The first-order valence-electron chi connectivity index (χ1n) is 6.62. The standard InChI is InChI=1S/C13H21N3O2/c1-3-9-4-6-10(7-5-9)16-12-11(18-2)13(17)15-8-14-12/h8-10H,3-7H2,1-2H3,(H2,14,15,16,17). The summed E-state index contributed by atoms with van der Waals surface area (Å²) in [6.45, 7) is 2.25. The lowest BCUT2D eigenvalue weighted by molar-refractivity contribution is 0.328. The molecule has 2 N–H and O–H groups in total. The van der Waals surface area contributed by atoms with E-state index in [4.69, 9.17) is 4.74 Å². The first kappa shape index (κ1) is 12.9. The van der Waals surface area contributed by atoms with Gasteiger partial charge in [0.2, 0.25) is 5.75 Å². The van der Waals surface area contributed by atoms with Gasteiger partial charge in [-0.2, -0.15) is 0 Å². The fourth-order valence-corrected chi connectivity index (χ4v) is 2.59. The second-order valence-electron chi connectivity index (χ2n) is 4.88. The molecule has 0 aliphatic heterocycles. The summed E-state index contributed by atoms with van der Waals surface area (Å²) in [5.41, 5.74) is -0.239. The van der Waals surface area contributed by atoms with E-state index in [0.29, 0.717) is 11.9 Å². The van der Waals surface area contributed by atoms with Crippen LogP contribution in [0.1, 0.15) is 39.0 Å². The van der Waals surface area contributed by atoms with Crippen LogP contribution in [0, 0.1) is 5.92 Å². The summed E-state index contributed by atoms with van der Waals surface area (Å²) in [6.07, 6.45) is 7.44. The molecule has 0 bridgehead atoms. The van der Waals surface area contributed by atoms with E-state index in [0.717, 1.165) is 18.8 Å². The van der Waals surface area contributed by atoms with Gasteiger partial charge in [-0.25, -0.2) is 4.98 Å². The predicted octanol–water partition coefficient (Wildman–Crippen LogP) is 2.16. The average Bonchev–Trinajstić information content (AvgIpc) is 2.40. The number of aromatic nitrogens is 2. The van der Waals surface area contributed by atoms with Gasteiger partial charge in [0, 0.05) is 6.04 Å². The smallest absolute Gasteiger partial charge is 0.295 e. The van der Waals surface area contributed by atoms with Crippen molar-refractivity contribution in [2.24, 2.45) is 5.92 Å². The summed E-state index contributed by atoms with van der Waals surface area (Å²) in [6, 6.07) is 0.399. The number of nitrogens with zero attached hydrogens (tertiary/aromatic N) is 1. The third-order valence-corrected chi connectivity index (χ3v) is 3.78. The molecule has 100 valence electrons. The van der Waals surface area contributed by atoms with Crippen LogP contribution in [0.5, 0.6) is 5.75 Å². The van der Waals surface area contributed by atoms with Gasteiger partial charge in [-0.15, -0.1) is 0 Å². The van der Waals surface area contributed by atoms with Crippen LogP contribution in [-0.2, 0) is 0 Å². The zero-order valence-corrected chi connectivity index (χ0v) is 11.0. The van der Waals surface area contributed by atoms with Gasteiger partial charge in [0.05, 0.1) is 13.4 Å². The Balaban J connectivity index is 2.02. The van der Waals surface area contributed by atoms with Crippen LogP contribution in [0.15, 0.2) is 11.1 Å². The molecule has 0 atom stereocenters. The first-order valence-corrected chi connectivity index (χ1v) is 6.62. The highest BCUT2D eigenvalue weighted by atomic mass is 16.5. The summed E-state index contributed by atoms with van der Waals surface area (Å²) in [5.74, 6) is 1.69. The first-order chi connectivity index (χ1) is 8.74. The van der Waals surface area contributed by atoms with E-state index in [2.05, 4.69) is 22.2 Å². The van der Waals surface area contributed by atoms with Crippen molar-refractivity contribution in [3.63, 3.8) is 0 Å². The minimum absolute atomic E-state index is 0.239. The van der Waals surface area contributed by atoms with Crippen LogP contribution < -0.4 is 15.6 Å². The largest absolute Gasteiger partial charge is 0.489 e. The molecule has 0 radical (unpaired) electrons. The third-order valence-electron chi connectivity index (χ3n) is 3.78. The van der Waals surface area contributed by atoms with Crippen molar-refractivity contribution in [1.82, 2.24) is 9.97 Å². The summed E-state index contributed by atoms with van der Waals surface area (Å²) in [5, 5.41) is 3.33. The second-order valence-corrected chi connectivity index (χ2v) is 4.88. The lowest BCUT2D eigenvalue weighted by atomic mass is 9.84. The van der Waals surface area contributed by atoms with E-state index in [1.807, 2.05) is 0 Å². The molecule has 1 aromatic heterocycles. The van der Waals surface area contributed by atoms with Crippen molar-refractivity contribution in [3.8, 4) is 5.75 Å². The van der Waals surface area contributed by atoms with Gasteiger partial charge in [-0.3, -0.25) is 4.79 Å². The molecule has 18 heavy (non-hydrogen) atoms. The van der Waals surface area contributed by atoms with Gasteiger partial charge in [0.25, 0.3) is 5.56 Å². The Kier molecular flexibility index (Phi) is 4.23. The third kappa shape index (κ3) is 2.83. The fourth-order valence-electron chi connectivity index (χ4n) is 2.59. The van der Waals surface area contributed by atoms with Crippen LogP contribution in [0.4, 0.5) is 5.82 Å². The number of rotatable bonds is 4. The van der Waals surface area contributed by atoms with E-state index in [-0.39, 0.29) is 11.3 Å². The molecular weight excluding hydrogens is 230 g/mol. The average molecular weight is 251 g/mol. The van der Waals surface area contributed by atoms with Crippen molar-refractivity contribution < 1.29 is 4.74 Å². The zero-order chi connectivity index (χ0) is 13.0. The van der Waals surface area contributed by atoms with Crippen LogP contribution in [0.3, 0.4) is 0 Å². The molecule has 1 heterocycles. The van der Waals surface area contributed by atoms with Crippen LogP contribution in [0.25, 0.3) is 0 Å². The monoisotopic (exact) mass is 251 g/mol. The van der Waals surface area contributed by atoms with Gasteiger partial charge >= 0.3 is 0 Å². The number of H-pyrrole nitrogens is 1. The second kappa shape index (κ2) is 5.89. The topological polar surface area (TPSA) is 67.0 Å². The van der Waals surface area contributed by atoms with Crippen LogP contribution >= 0.6 is 0 Å². The number of nitrogens with one attached hydrogen (secondary N) is 2. The van der Waals surface area contributed by atoms with E-state index in [9.17, 15) is 4.79 Å². The highest BCUT2D eigenvalue weighted by Gasteiger charge is 2.21. The zero-order valence-electron chi connectivity index (χ0n) is 11.0. The summed E-state index contributed by atoms with van der Waals surface area (Å²) < 4.78 is 5.09. The summed E-state index contributed by atoms with van der Waals surface area (Å²) >= 11 is 0. The maximum Gasteiger partial charge on any atom is 0.295 e. The highest BCUT2D eigenvalue weighted by Crippen LogP contribution is 2.29. The Labute approximate surface area is 107 Å². The Morgan fingerprint density at radius 2 is 2.17 bits per heavy atom. The molecular formula is C13H21N3O2. The molecule has 1 aliphatic rings. The van der Waals surface area contributed by atoms with Crippen molar-refractivity contribution in [2.75, 3.05) is 12.4 Å². The molecule has 2 rings (SSSR count). The van der Waals surface area contributed by atoms with Crippen molar-refractivity contribution in [3.05, 3.63) is 16.7 Å². The minimum atomic E-state index is -0.239. The number of aromatic amines is 1. The molecule has 0 amide bonds. The Morgan fingerprint density at radius 1 is 1.44 bits per heavy atom. The lowest BCUT2D eigenvalue weighted by Crippen LogP contribution is -2.27. The molecule has 0 spiro atoms. The number of methoxy groups -OCH3 is 1. The van der Waals surface area contributed by atoms with E-state index in [1.165, 1.54) is 32.7 Å². The van der Waals surface area contributed by atoms with Gasteiger partial charge in [-0.1, -0.05) is 13.3 Å². The Morgan fingerprint density at radius 3 is 2.78 bits per heavy atom. The van der Waals surface area contributed by atoms with Crippen molar-refractivity contribution >= 4 is 5.82 Å². The normalized spacial score (nSPS) is 23.7. The molecule has 1 aromatic rings. The molecule has 1 saturated carbocycles. The molecule has 0 unspecified atom stereocenters. The summed E-state index contributed by atoms with van der Waals surface area (Å²) in [7, 11) is 1.49. The number of hydrogen-bond donors (Lipinski definition) is 2. The van der Waals surface area contributed by atoms with E-state index >= 15 is 0 Å². The number of ether oxygens (including phenoxy) is 1. The molecule has 5 nitrogen and oxygen atoms in total. The van der Waals surface area contributed by atoms with Crippen molar-refractivity contribution in [1.29, 1.82) is 0 Å². The van der Waals surface area contributed by atoms with Crippen LogP contribution in [0.2, 0.25) is 0 Å². The fraction of sp³-hybridized carbons (Fsp3) is 0.692. The van der Waals surface area contributed by atoms with E-state index < -0.39 is 0 Å². The molecule has 1 fully saturated rings. The number of anilines is 1. The van der Waals surface area contributed by atoms with E-state index in [1.54, 1.807) is 0 Å². The minimum Gasteiger partial charge on any atom is -0.489 e. The molecule has 0 aromatic carbocycles. The maximum atomic E-state index is 11.6. The van der Waals surface area contributed by atoms with Gasteiger partial charge in [-0.05, 0) is 31.6 Å². The predicted molar refractivity (Wildman–Crippen MR) is 71.1 cm³/mol. The van der Waals surface area contributed by atoms with Crippen molar-refractivity contribution in [2.45, 2.75) is 45.1 Å². The SMILES string of the molecule is CCC1CCC(Nc2nc[nH]c(=O)c2OC)CC1.